The van der Waals surface area contributed by atoms with E-state index in [-0.39, 0.29) is 0 Å². The molecule has 0 heterocycles. The highest BCUT2D eigenvalue weighted by molar-refractivity contribution is 6.00. The first-order chi connectivity index (χ1) is 15.9. The van der Waals surface area contributed by atoms with E-state index in [4.69, 9.17) is 0 Å². The zero-order valence-corrected chi connectivity index (χ0v) is 17.5. The third-order valence-corrected chi connectivity index (χ3v) is 6.79. The summed E-state index contributed by atoms with van der Waals surface area (Å²) in [5, 5.41) is 2.67. The van der Waals surface area contributed by atoms with Crippen LogP contribution in [0.3, 0.4) is 0 Å². The van der Waals surface area contributed by atoms with E-state index < -0.39 is 0 Å². The lowest BCUT2D eigenvalue weighted by Gasteiger charge is -2.06. The van der Waals surface area contributed by atoms with Crippen molar-refractivity contribution in [2.24, 2.45) is 0 Å². The minimum absolute atomic E-state index is 1.28. The van der Waals surface area contributed by atoms with Gasteiger partial charge in [-0.25, -0.2) is 0 Å². The first-order valence-corrected chi connectivity index (χ1v) is 11.1. The first-order valence-electron chi connectivity index (χ1n) is 11.1. The Bertz CT molecular complexity index is 1510. The van der Waals surface area contributed by atoms with Gasteiger partial charge in [-0.2, -0.15) is 0 Å². The van der Waals surface area contributed by atoms with Gasteiger partial charge in [-0.1, -0.05) is 109 Å². The molecule has 0 atom stereocenters. The molecule has 0 bridgehead atoms. The maximum atomic E-state index is 2.43. The van der Waals surface area contributed by atoms with Crippen LogP contribution in [0.1, 0.15) is 22.3 Å². The Balaban J connectivity index is 1.65. The van der Waals surface area contributed by atoms with Crippen molar-refractivity contribution in [1.82, 2.24) is 0 Å². The van der Waals surface area contributed by atoms with Crippen molar-refractivity contribution in [3.8, 4) is 22.3 Å². The zero-order chi connectivity index (χ0) is 21.1. The van der Waals surface area contributed by atoms with E-state index in [1.807, 2.05) is 0 Å². The molecule has 5 aromatic rings. The Hall–Kier alpha value is -4.16. The standard InChI is InChI=1S/C32H20/c1-3-11-21(12-4-1)31-25-17-9-7-15-23(25)27-20-30-28(19-29(27)31)24-16-8-10-18-26(24)32(30)22-13-5-2-6-14-22/h1-20H. The molecule has 0 saturated heterocycles. The van der Waals surface area contributed by atoms with Gasteiger partial charge in [0.05, 0.1) is 0 Å². The van der Waals surface area contributed by atoms with E-state index in [9.17, 15) is 0 Å². The van der Waals surface area contributed by atoms with Crippen LogP contribution >= 0.6 is 0 Å². The molecule has 0 nitrogen and oxygen atoms in total. The van der Waals surface area contributed by atoms with Crippen LogP contribution in [0.4, 0.5) is 0 Å². The number of hydrogen-bond donors (Lipinski definition) is 0. The zero-order valence-electron chi connectivity index (χ0n) is 17.5. The lowest BCUT2D eigenvalue weighted by atomic mass is 9.97. The molecule has 7 rings (SSSR count). The van der Waals surface area contributed by atoms with Gasteiger partial charge in [0, 0.05) is 0 Å². The number of rotatable bonds is 2. The average Bonchev–Trinajstić information content (AvgIpc) is 3.36. The van der Waals surface area contributed by atoms with Crippen LogP contribution in [0.5, 0.6) is 0 Å². The summed E-state index contributed by atoms with van der Waals surface area (Å²) >= 11 is 0. The highest BCUT2D eigenvalue weighted by atomic mass is 14.3. The molecule has 0 radical (unpaired) electrons. The highest BCUT2D eigenvalue weighted by Crippen LogP contribution is 2.39. The summed E-state index contributed by atoms with van der Waals surface area (Å²) in [5.74, 6) is 0. The molecule has 2 aliphatic carbocycles. The van der Waals surface area contributed by atoms with Crippen molar-refractivity contribution >= 4 is 11.1 Å². The number of fused-ring (bicyclic) bond motifs is 6. The van der Waals surface area contributed by atoms with Gasteiger partial charge in [0.15, 0.2) is 0 Å². The fraction of sp³-hybridized carbons (Fsp3) is 0. The van der Waals surface area contributed by atoms with Gasteiger partial charge in [0.2, 0.25) is 0 Å². The number of hydrogen-bond acceptors (Lipinski definition) is 0. The molecule has 0 N–H and O–H groups in total. The molecule has 0 fully saturated rings. The van der Waals surface area contributed by atoms with Crippen molar-refractivity contribution in [3.05, 3.63) is 154 Å². The molecule has 32 heavy (non-hydrogen) atoms. The van der Waals surface area contributed by atoms with E-state index in [2.05, 4.69) is 121 Å². The van der Waals surface area contributed by atoms with Crippen molar-refractivity contribution in [1.29, 1.82) is 0 Å². The van der Waals surface area contributed by atoms with Crippen molar-refractivity contribution in [3.63, 3.8) is 0 Å². The Morgan fingerprint density at radius 2 is 0.625 bits per heavy atom. The van der Waals surface area contributed by atoms with Crippen LogP contribution < -0.4 is 10.4 Å². The molecular formula is C32H20. The minimum atomic E-state index is 1.28. The van der Waals surface area contributed by atoms with E-state index in [1.54, 1.807) is 0 Å². The third kappa shape index (κ3) is 2.38. The molecule has 0 amide bonds. The smallest absolute Gasteiger partial charge is 0.00262 e. The maximum absolute atomic E-state index is 2.43. The normalized spacial score (nSPS) is 12.9. The summed E-state index contributed by atoms with van der Waals surface area (Å²) in [7, 11) is 0. The highest BCUT2D eigenvalue weighted by Gasteiger charge is 2.26. The summed E-state index contributed by atoms with van der Waals surface area (Å²) in [4.78, 5) is 0. The predicted molar refractivity (Wildman–Crippen MR) is 133 cm³/mol. The lowest BCUT2D eigenvalue weighted by molar-refractivity contribution is 1.52. The second-order valence-electron chi connectivity index (χ2n) is 8.52. The van der Waals surface area contributed by atoms with Crippen LogP contribution in [0, 0.1) is 0 Å². The number of benzene rings is 5. The topological polar surface area (TPSA) is 0 Å². The summed E-state index contributed by atoms with van der Waals surface area (Å²) in [6, 6.07) is 44.1. The van der Waals surface area contributed by atoms with Crippen LogP contribution in [-0.2, 0) is 0 Å². The molecule has 2 aliphatic rings. The minimum Gasteiger partial charge on any atom is -0.0622 e. The van der Waals surface area contributed by atoms with Crippen LogP contribution in [-0.4, -0.2) is 0 Å². The van der Waals surface area contributed by atoms with E-state index in [0.717, 1.165) is 0 Å². The van der Waals surface area contributed by atoms with Crippen molar-refractivity contribution in [2.45, 2.75) is 0 Å². The van der Waals surface area contributed by atoms with E-state index >= 15 is 0 Å². The first kappa shape index (κ1) is 17.5. The van der Waals surface area contributed by atoms with Gasteiger partial charge in [0.25, 0.3) is 0 Å². The van der Waals surface area contributed by atoms with E-state index in [1.165, 1.54) is 66.1 Å². The molecule has 0 unspecified atom stereocenters. The average molecular weight is 405 g/mol. The molecule has 5 aromatic carbocycles. The molecule has 148 valence electrons. The predicted octanol–water partition coefficient (Wildman–Crippen LogP) is 6.14. The summed E-state index contributed by atoms with van der Waals surface area (Å²) in [5.41, 5.74) is 13.2. The molecule has 0 saturated carbocycles. The molecule has 0 heteroatoms. The van der Waals surface area contributed by atoms with Gasteiger partial charge in [-0.15, -0.1) is 0 Å². The van der Waals surface area contributed by atoms with Gasteiger partial charge in [-0.05, 0) is 78.2 Å². The Morgan fingerprint density at radius 3 is 1.03 bits per heavy atom. The Labute approximate surface area is 187 Å². The van der Waals surface area contributed by atoms with Crippen LogP contribution in [0.25, 0.3) is 33.4 Å². The molecular weight excluding hydrogens is 384 g/mol. The van der Waals surface area contributed by atoms with Crippen molar-refractivity contribution < 1.29 is 0 Å². The largest absolute Gasteiger partial charge is 0.0622 e. The van der Waals surface area contributed by atoms with Gasteiger partial charge < -0.3 is 0 Å². The molecule has 0 spiro atoms. The Morgan fingerprint density at radius 1 is 0.281 bits per heavy atom. The molecule has 0 aromatic heterocycles. The summed E-state index contributed by atoms with van der Waals surface area (Å²) in [6.45, 7) is 0. The summed E-state index contributed by atoms with van der Waals surface area (Å²) in [6.07, 6.45) is 0. The van der Waals surface area contributed by atoms with Gasteiger partial charge >= 0.3 is 0 Å². The monoisotopic (exact) mass is 404 g/mol. The fourth-order valence-corrected chi connectivity index (χ4v) is 5.45. The fourth-order valence-electron chi connectivity index (χ4n) is 5.45. The van der Waals surface area contributed by atoms with Gasteiger partial charge in [0.1, 0.15) is 0 Å². The quantitative estimate of drug-likeness (QED) is 0.325. The Kier molecular flexibility index (Phi) is 3.65. The SMILES string of the molecule is c1ccc(C2=c3cc4c(cc3-c3ccccc32)=C(c2ccccc2)c2ccccc2-4)cc1. The second-order valence-corrected chi connectivity index (χ2v) is 8.52. The second kappa shape index (κ2) is 6.67. The third-order valence-electron chi connectivity index (χ3n) is 6.79. The van der Waals surface area contributed by atoms with Crippen molar-refractivity contribution in [2.75, 3.05) is 0 Å². The van der Waals surface area contributed by atoms with Crippen LogP contribution in [0.15, 0.2) is 121 Å². The molecule has 0 aliphatic heterocycles. The lowest BCUT2D eigenvalue weighted by Crippen LogP contribution is -2.15. The maximum Gasteiger partial charge on any atom is -0.00262 e. The van der Waals surface area contributed by atoms with Gasteiger partial charge in [-0.3, -0.25) is 0 Å². The van der Waals surface area contributed by atoms with E-state index in [0.29, 0.717) is 0 Å². The van der Waals surface area contributed by atoms with Crippen LogP contribution in [0.2, 0.25) is 0 Å². The summed E-state index contributed by atoms with van der Waals surface area (Å²) < 4.78 is 0.